The second-order valence-electron chi connectivity index (χ2n) is 11.2. The Bertz CT molecular complexity index is 920. The first kappa shape index (κ1) is 26.3. The van der Waals surface area contributed by atoms with E-state index in [0.29, 0.717) is 26.1 Å². The second-order valence-corrected chi connectivity index (χ2v) is 13.0. The van der Waals surface area contributed by atoms with Crippen molar-refractivity contribution < 1.29 is 19.5 Å². The number of fused-ring (bicyclic) bond motifs is 2. The van der Waals surface area contributed by atoms with Gasteiger partial charge >= 0.3 is 0 Å². The van der Waals surface area contributed by atoms with E-state index in [1.807, 2.05) is 24.0 Å². The maximum Gasteiger partial charge on any atom is 0.247 e. The molecule has 4 aliphatic heterocycles. The van der Waals surface area contributed by atoms with Crippen molar-refractivity contribution in [2.75, 3.05) is 33.3 Å². The highest BCUT2D eigenvalue weighted by atomic mass is 32.2. The lowest BCUT2D eigenvalue weighted by Gasteiger charge is -2.40. The number of unbranched alkanes of at least 4 members (excludes halogenated alkanes) is 2. The summed E-state index contributed by atoms with van der Waals surface area (Å²) in [5, 5.41) is 10.4. The van der Waals surface area contributed by atoms with Crippen LogP contribution in [0, 0.1) is 17.8 Å². The van der Waals surface area contributed by atoms with Crippen LogP contribution in [0.5, 0.6) is 0 Å². The first-order valence-electron chi connectivity index (χ1n) is 13.1. The summed E-state index contributed by atoms with van der Waals surface area (Å²) in [5.74, 6) is -1.21. The van der Waals surface area contributed by atoms with E-state index in [0.717, 1.165) is 19.3 Å². The maximum absolute atomic E-state index is 14.3. The molecule has 1 N–H and O–H groups in total. The van der Waals surface area contributed by atoms with Gasteiger partial charge in [-0.25, -0.2) is 0 Å². The average molecular weight is 504 g/mol. The van der Waals surface area contributed by atoms with Gasteiger partial charge in [0.05, 0.1) is 29.2 Å². The van der Waals surface area contributed by atoms with Crippen molar-refractivity contribution >= 4 is 29.5 Å². The summed E-state index contributed by atoms with van der Waals surface area (Å²) in [4.78, 5) is 47.4. The molecule has 0 aromatic rings. The number of amides is 3. The minimum Gasteiger partial charge on any atom is -0.394 e. The largest absolute Gasteiger partial charge is 0.394 e. The van der Waals surface area contributed by atoms with E-state index in [4.69, 9.17) is 0 Å². The molecule has 1 spiro atoms. The molecule has 6 atom stereocenters. The standard InChI is InChI=1S/C27H41N3O4S/c1-6-7-8-14-29-15-10-12-27-21(20-23(32)28(5)13-9-11-26(20,4)35-27)24(33)30(22(27)25(29)34)19(17-31)16-18(2)3/h9-12,18-22,31H,6-8,13-17H2,1-5H3/t19-,20+,21+,22?,26-,27+/m1/s1. The van der Waals surface area contributed by atoms with Gasteiger partial charge in [0.15, 0.2) is 0 Å². The number of likely N-dealkylation sites (N-methyl/N-ethyl adjacent to an activating group) is 1. The Morgan fingerprint density at radius 2 is 1.77 bits per heavy atom. The zero-order chi connectivity index (χ0) is 25.5. The van der Waals surface area contributed by atoms with Crippen LogP contribution >= 0.6 is 11.8 Å². The monoisotopic (exact) mass is 503 g/mol. The molecule has 0 aliphatic carbocycles. The summed E-state index contributed by atoms with van der Waals surface area (Å²) >= 11 is 1.61. The fourth-order valence-electron chi connectivity index (χ4n) is 6.60. The Kier molecular flexibility index (Phi) is 7.45. The van der Waals surface area contributed by atoms with E-state index < -0.39 is 33.4 Å². The van der Waals surface area contributed by atoms with Gasteiger partial charge < -0.3 is 19.8 Å². The Balaban J connectivity index is 1.84. The van der Waals surface area contributed by atoms with Crippen LogP contribution in [0.15, 0.2) is 24.3 Å². The number of hydrogen-bond acceptors (Lipinski definition) is 5. The fraction of sp³-hybridized carbons (Fsp3) is 0.741. The third-order valence-electron chi connectivity index (χ3n) is 8.16. The van der Waals surface area contributed by atoms with Crippen LogP contribution in [-0.4, -0.2) is 92.4 Å². The van der Waals surface area contributed by atoms with Crippen molar-refractivity contribution in [3.63, 3.8) is 0 Å². The Hall–Kier alpha value is -1.80. The predicted octanol–water partition coefficient (Wildman–Crippen LogP) is 2.70. The number of likely N-dealkylation sites (tertiary alicyclic amines) is 1. The van der Waals surface area contributed by atoms with E-state index in [-0.39, 0.29) is 30.2 Å². The van der Waals surface area contributed by atoms with Crippen molar-refractivity contribution in [3.8, 4) is 0 Å². The molecule has 194 valence electrons. The van der Waals surface area contributed by atoms with Gasteiger partial charge in [0.1, 0.15) is 6.04 Å². The molecule has 0 radical (unpaired) electrons. The van der Waals surface area contributed by atoms with Crippen LogP contribution in [0.4, 0.5) is 0 Å². The predicted molar refractivity (Wildman–Crippen MR) is 139 cm³/mol. The van der Waals surface area contributed by atoms with E-state index in [2.05, 4.69) is 32.9 Å². The zero-order valence-corrected chi connectivity index (χ0v) is 22.6. The number of hydrogen-bond donors (Lipinski definition) is 1. The van der Waals surface area contributed by atoms with Crippen molar-refractivity contribution in [1.82, 2.24) is 14.7 Å². The van der Waals surface area contributed by atoms with Crippen molar-refractivity contribution in [2.45, 2.75) is 75.0 Å². The molecule has 7 nitrogen and oxygen atoms in total. The van der Waals surface area contributed by atoms with Crippen molar-refractivity contribution in [3.05, 3.63) is 24.3 Å². The van der Waals surface area contributed by atoms with Gasteiger partial charge in [0.2, 0.25) is 17.7 Å². The smallest absolute Gasteiger partial charge is 0.247 e. The third-order valence-corrected chi connectivity index (χ3v) is 9.96. The molecular weight excluding hydrogens is 462 g/mol. The van der Waals surface area contributed by atoms with Crippen LogP contribution in [0.25, 0.3) is 0 Å². The van der Waals surface area contributed by atoms with Gasteiger partial charge in [-0.3, -0.25) is 14.4 Å². The van der Waals surface area contributed by atoms with Crippen LogP contribution in [-0.2, 0) is 14.4 Å². The number of aliphatic hydroxyl groups is 1. The highest BCUT2D eigenvalue weighted by Crippen LogP contribution is 2.65. The van der Waals surface area contributed by atoms with Crippen LogP contribution in [0.2, 0.25) is 0 Å². The second kappa shape index (κ2) is 9.92. The van der Waals surface area contributed by atoms with E-state index >= 15 is 0 Å². The topological polar surface area (TPSA) is 81.2 Å². The molecule has 2 fully saturated rings. The first-order chi connectivity index (χ1) is 16.6. The van der Waals surface area contributed by atoms with Gasteiger partial charge in [-0.1, -0.05) is 57.9 Å². The van der Waals surface area contributed by atoms with E-state index in [1.165, 1.54) is 0 Å². The summed E-state index contributed by atoms with van der Waals surface area (Å²) in [6.07, 6.45) is 11.8. The van der Waals surface area contributed by atoms with Crippen molar-refractivity contribution in [2.24, 2.45) is 17.8 Å². The van der Waals surface area contributed by atoms with Crippen LogP contribution in [0.1, 0.15) is 53.4 Å². The summed E-state index contributed by atoms with van der Waals surface area (Å²) in [7, 11) is 1.78. The molecule has 0 aromatic heterocycles. The van der Waals surface area contributed by atoms with Crippen LogP contribution in [0.3, 0.4) is 0 Å². The minimum atomic E-state index is -0.838. The molecule has 3 amide bonds. The maximum atomic E-state index is 14.3. The number of nitrogens with zero attached hydrogens (tertiary/aromatic N) is 3. The SMILES string of the molecule is CCCCCN1CC=C[C@]23S[C@]4(C)C=CCN(C)C(=O)[C@@H]4[C@H]2C(=O)N([C@@H](CO)CC(C)C)C3C1=O. The molecule has 0 bridgehead atoms. The molecule has 0 saturated carbocycles. The first-order valence-corrected chi connectivity index (χ1v) is 13.9. The molecule has 4 heterocycles. The number of aliphatic hydroxyl groups excluding tert-OH is 1. The van der Waals surface area contributed by atoms with Gasteiger partial charge in [0.25, 0.3) is 0 Å². The highest BCUT2D eigenvalue weighted by Gasteiger charge is 2.74. The molecule has 35 heavy (non-hydrogen) atoms. The van der Waals surface area contributed by atoms with Gasteiger partial charge in [0, 0.05) is 31.4 Å². The number of thioether (sulfide) groups is 1. The normalized spacial score (nSPS) is 35.3. The molecule has 0 aromatic carbocycles. The lowest BCUT2D eigenvalue weighted by atomic mass is 9.74. The lowest BCUT2D eigenvalue weighted by Crippen LogP contribution is -2.57. The molecule has 2 saturated heterocycles. The number of carbonyl (C=O) groups is 3. The van der Waals surface area contributed by atoms with Crippen LogP contribution < -0.4 is 0 Å². The van der Waals surface area contributed by atoms with Gasteiger partial charge in [-0.05, 0) is 25.7 Å². The molecule has 4 rings (SSSR count). The Morgan fingerprint density at radius 3 is 2.43 bits per heavy atom. The quantitative estimate of drug-likeness (QED) is 0.407. The number of carbonyl (C=O) groups excluding carboxylic acids is 3. The van der Waals surface area contributed by atoms with Gasteiger partial charge in [-0.15, -0.1) is 11.8 Å². The van der Waals surface area contributed by atoms with E-state index in [1.54, 1.807) is 28.6 Å². The summed E-state index contributed by atoms with van der Waals surface area (Å²) in [6, 6.07) is -1.18. The summed E-state index contributed by atoms with van der Waals surface area (Å²) in [6.45, 7) is 9.78. The molecule has 4 aliphatic rings. The fourth-order valence-corrected chi connectivity index (χ4v) is 8.74. The van der Waals surface area contributed by atoms with Crippen molar-refractivity contribution in [1.29, 1.82) is 0 Å². The lowest BCUT2D eigenvalue weighted by molar-refractivity contribution is -0.147. The molecule has 8 heteroatoms. The highest BCUT2D eigenvalue weighted by molar-refractivity contribution is 8.02. The Labute approximate surface area is 214 Å². The summed E-state index contributed by atoms with van der Waals surface area (Å²) < 4.78 is -1.42. The van der Waals surface area contributed by atoms with Gasteiger partial charge in [-0.2, -0.15) is 0 Å². The minimum absolute atomic E-state index is 0.0462. The molecular formula is C27H41N3O4S. The Morgan fingerprint density at radius 1 is 1.06 bits per heavy atom. The summed E-state index contributed by atoms with van der Waals surface area (Å²) in [5.41, 5.74) is 0. The number of rotatable bonds is 8. The third kappa shape index (κ3) is 4.24. The average Bonchev–Trinajstić information content (AvgIpc) is 3.09. The zero-order valence-electron chi connectivity index (χ0n) is 21.8. The van der Waals surface area contributed by atoms with E-state index in [9.17, 15) is 19.5 Å². The molecule has 1 unspecified atom stereocenters.